The number of morpholine rings is 1. The van der Waals surface area contributed by atoms with Crippen molar-refractivity contribution in [3.05, 3.63) is 24.3 Å². The first-order valence-corrected chi connectivity index (χ1v) is 7.83. The van der Waals surface area contributed by atoms with E-state index in [-0.39, 0.29) is 16.9 Å². The summed E-state index contributed by atoms with van der Waals surface area (Å²) in [6, 6.07) is 6.16. The number of sulfonamides is 1. The highest BCUT2D eigenvalue weighted by molar-refractivity contribution is 7.89. The van der Waals surface area contributed by atoms with Crippen LogP contribution in [0.4, 0.5) is 5.69 Å². The number of nitrogens with one attached hydrogen (secondary N) is 1. The van der Waals surface area contributed by atoms with Gasteiger partial charge in [0.2, 0.25) is 15.9 Å². The zero-order valence-electron chi connectivity index (χ0n) is 11.5. The molecule has 0 saturated carbocycles. The average molecular weight is 298 g/mol. The van der Waals surface area contributed by atoms with Crippen molar-refractivity contribution in [3.8, 4) is 0 Å². The molecule has 0 radical (unpaired) electrons. The van der Waals surface area contributed by atoms with Gasteiger partial charge in [-0.05, 0) is 31.2 Å². The quantitative estimate of drug-likeness (QED) is 0.905. The van der Waals surface area contributed by atoms with Gasteiger partial charge in [-0.15, -0.1) is 0 Å². The fourth-order valence-corrected chi connectivity index (χ4v) is 3.57. The highest BCUT2D eigenvalue weighted by atomic mass is 32.2. The SMILES string of the molecule is CC(=O)Nc1ccc(S(=O)(=O)N2CCOC(C)C2)cc1. The molecule has 0 spiro atoms. The lowest BCUT2D eigenvalue weighted by molar-refractivity contribution is -0.114. The Bertz CT molecular complexity index is 583. The summed E-state index contributed by atoms with van der Waals surface area (Å²) < 4.78 is 31.7. The van der Waals surface area contributed by atoms with Gasteiger partial charge < -0.3 is 10.1 Å². The molecule has 1 aromatic carbocycles. The molecular weight excluding hydrogens is 280 g/mol. The molecule has 0 aliphatic carbocycles. The minimum Gasteiger partial charge on any atom is -0.376 e. The molecule has 1 unspecified atom stereocenters. The third-order valence-electron chi connectivity index (χ3n) is 3.02. The van der Waals surface area contributed by atoms with Crippen molar-refractivity contribution in [2.24, 2.45) is 0 Å². The summed E-state index contributed by atoms with van der Waals surface area (Å²) in [5.41, 5.74) is 0.576. The van der Waals surface area contributed by atoms with Crippen LogP contribution in [-0.2, 0) is 19.6 Å². The minimum atomic E-state index is -3.50. The van der Waals surface area contributed by atoms with Gasteiger partial charge in [-0.3, -0.25) is 4.79 Å². The summed E-state index contributed by atoms with van der Waals surface area (Å²) in [4.78, 5) is 11.1. The van der Waals surface area contributed by atoms with Crippen LogP contribution in [0.2, 0.25) is 0 Å². The molecule has 1 saturated heterocycles. The summed E-state index contributed by atoms with van der Waals surface area (Å²) in [5, 5.41) is 2.60. The predicted octanol–water partition coefficient (Wildman–Crippen LogP) is 1.05. The number of amides is 1. The Morgan fingerprint density at radius 3 is 2.55 bits per heavy atom. The molecule has 1 aromatic rings. The van der Waals surface area contributed by atoms with E-state index in [9.17, 15) is 13.2 Å². The zero-order valence-corrected chi connectivity index (χ0v) is 12.3. The molecule has 1 heterocycles. The topological polar surface area (TPSA) is 75.7 Å². The second-order valence-corrected chi connectivity index (χ2v) is 6.69. The summed E-state index contributed by atoms with van der Waals surface area (Å²) in [6.07, 6.45) is -0.0998. The van der Waals surface area contributed by atoms with Gasteiger partial charge in [0.05, 0.1) is 17.6 Å². The Kier molecular flexibility index (Phi) is 4.42. The van der Waals surface area contributed by atoms with E-state index in [1.165, 1.54) is 23.4 Å². The van der Waals surface area contributed by atoms with Gasteiger partial charge in [-0.2, -0.15) is 4.31 Å². The number of hydrogen-bond acceptors (Lipinski definition) is 4. The largest absolute Gasteiger partial charge is 0.376 e. The standard InChI is InChI=1S/C13H18N2O4S/c1-10-9-15(7-8-19-10)20(17,18)13-5-3-12(4-6-13)14-11(2)16/h3-6,10H,7-9H2,1-2H3,(H,14,16). The fraction of sp³-hybridized carbons (Fsp3) is 0.462. The lowest BCUT2D eigenvalue weighted by Crippen LogP contribution is -2.44. The van der Waals surface area contributed by atoms with Gasteiger partial charge in [0.1, 0.15) is 0 Å². The van der Waals surface area contributed by atoms with Gasteiger partial charge in [0.15, 0.2) is 0 Å². The van der Waals surface area contributed by atoms with Crippen molar-refractivity contribution in [2.75, 3.05) is 25.0 Å². The van der Waals surface area contributed by atoms with E-state index in [0.717, 1.165) is 0 Å². The van der Waals surface area contributed by atoms with E-state index < -0.39 is 10.0 Å². The average Bonchev–Trinajstić information content (AvgIpc) is 2.38. The van der Waals surface area contributed by atoms with E-state index in [0.29, 0.717) is 25.4 Å². The van der Waals surface area contributed by atoms with Crippen LogP contribution in [0.5, 0.6) is 0 Å². The van der Waals surface area contributed by atoms with Gasteiger partial charge in [0.25, 0.3) is 0 Å². The molecule has 2 rings (SSSR count). The van der Waals surface area contributed by atoms with Crippen LogP contribution in [-0.4, -0.2) is 44.4 Å². The van der Waals surface area contributed by atoms with Crippen LogP contribution in [0, 0.1) is 0 Å². The number of carbonyl (C=O) groups is 1. The number of rotatable bonds is 3. The molecule has 0 bridgehead atoms. The maximum Gasteiger partial charge on any atom is 0.243 e. The number of hydrogen-bond donors (Lipinski definition) is 1. The van der Waals surface area contributed by atoms with Crippen LogP contribution in [0.25, 0.3) is 0 Å². The Morgan fingerprint density at radius 1 is 1.35 bits per heavy atom. The second-order valence-electron chi connectivity index (χ2n) is 4.75. The Labute approximate surface area is 118 Å². The smallest absolute Gasteiger partial charge is 0.243 e. The first-order chi connectivity index (χ1) is 9.39. The molecule has 1 N–H and O–H groups in total. The van der Waals surface area contributed by atoms with Crippen molar-refractivity contribution in [3.63, 3.8) is 0 Å². The fourth-order valence-electron chi connectivity index (χ4n) is 2.07. The number of carbonyl (C=O) groups excluding carboxylic acids is 1. The first kappa shape index (κ1) is 15.0. The van der Waals surface area contributed by atoms with Crippen LogP contribution in [0.1, 0.15) is 13.8 Å². The van der Waals surface area contributed by atoms with Crippen LogP contribution < -0.4 is 5.32 Å². The summed E-state index contributed by atoms with van der Waals surface area (Å²) in [6.45, 7) is 4.38. The van der Waals surface area contributed by atoms with Crippen LogP contribution >= 0.6 is 0 Å². The van der Waals surface area contributed by atoms with Crippen LogP contribution in [0.15, 0.2) is 29.2 Å². The third kappa shape index (κ3) is 3.36. The molecule has 0 aromatic heterocycles. The Morgan fingerprint density at radius 2 is 2.00 bits per heavy atom. The third-order valence-corrected chi connectivity index (χ3v) is 4.90. The van der Waals surface area contributed by atoms with Gasteiger partial charge in [-0.1, -0.05) is 0 Å². The summed E-state index contributed by atoms with van der Waals surface area (Å²) in [5.74, 6) is -0.192. The Balaban J connectivity index is 2.19. The number of benzene rings is 1. The first-order valence-electron chi connectivity index (χ1n) is 6.39. The van der Waals surface area contributed by atoms with E-state index in [2.05, 4.69) is 5.32 Å². The lowest BCUT2D eigenvalue weighted by atomic mass is 10.3. The molecule has 110 valence electrons. The van der Waals surface area contributed by atoms with Crippen LogP contribution in [0.3, 0.4) is 0 Å². The van der Waals surface area contributed by atoms with E-state index in [1.807, 2.05) is 6.92 Å². The molecule has 20 heavy (non-hydrogen) atoms. The number of nitrogens with zero attached hydrogens (tertiary/aromatic N) is 1. The van der Waals surface area contributed by atoms with Gasteiger partial charge in [-0.25, -0.2) is 8.42 Å². The summed E-state index contributed by atoms with van der Waals surface area (Å²) in [7, 11) is -3.50. The highest BCUT2D eigenvalue weighted by Crippen LogP contribution is 2.20. The molecule has 1 amide bonds. The molecule has 7 heteroatoms. The minimum absolute atomic E-state index is 0.0998. The molecule has 1 atom stereocenters. The zero-order chi connectivity index (χ0) is 14.8. The molecule has 1 aliphatic heterocycles. The molecule has 1 fully saturated rings. The summed E-state index contributed by atoms with van der Waals surface area (Å²) >= 11 is 0. The van der Waals surface area contributed by atoms with E-state index in [4.69, 9.17) is 4.74 Å². The monoisotopic (exact) mass is 298 g/mol. The van der Waals surface area contributed by atoms with Crippen molar-refractivity contribution in [1.82, 2.24) is 4.31 Å². The lowest BCUT2D eigenvalue weighted by Gasteiger charge is -2.30. The van der Waals surface area contributed by atoms with Crippen molar-refractivity contribution < 1.29 is 17.9 Å². The highest BCUT2D eigenvalue weighted by Gasteiger charge is 2.28. The van der Waals surface area contributed by atoms with E-state index in [1.54, 1.807) is 12.1 Å². The molecular formula is C13H18N2O4S. The Hall–Kier alpha value is -1.44. The normalized spacial score (nSPS) is 20.6. The maximum absolute atomic E-state index is 12.4. The van der Waals surface area contributed by atoms with Gasteiger partial charge >= 0.3 is 0 Å². The van der Waals surface area contributed by atoms with Crippen molar-refractivity contribution >= 4 is 21.6 Å². The van der Waals surface area contributed by atoms with Crippen molar-refractivity contribution in [2.45, 2.75) is 24.8 Å². The maximum atomic E-state index is 12.4. The second kappa shape index (κ2) is 5.90. The van der Waals surface area contributed by atoms with Crippen molar-refractivity contribution in [1.29, 1.82) is 0 Å². The number of anilines is 1. The van der Waals surface area contributed by atoms with Gasteiger partial charge in [0, 0.05) is 25.7 Å². The molecule has 1 aliphatic rings. The number of ether oxygens (including phenoxy) is 1. The van der Waals surface area contributed by atoms with E-state index >= 15 is 0 Å². The predicted molar refractivity (Wildman–Crippen MR) is 74.9 cm³/mol. The molecule has 6 nitrogen and oxygen atoms in total.